The summed E-state index contributed by atoms with van der Waals surface area (Å²) in [5.74, 6) is 2.13. The number of pyridine rings is 2. The maximum absolute atomic E-state index is 14.3. The second-order valence-corrected chi connectivity index (χ2v) is 18.0. The van der Waals surface area contributed by atoms with Crippen LogP contribution in [0.4, 0.5) is 8.78 Å². The van der Waals surface area contributed by atoms with Crippen molar-refractivity contribution in [3.63, 3.8) is 0 Å². The van der Waals surface area contributed by atoms with E-state index in [4.69, 9.17) is 33.2 Å². The summed E-state index contributed by atoms with van der Waals surface area (Å²) in [5, 5.41) is 9.58. The van der Waals surface area contributed by atoms with E-state index in [0.717, 1.165) is 36.8 Å². The van der Waals surface area contributed by atoms with Crippen LogP contribution in [0.3, 0.4) is 0 Å². The number of carboxylic acids is 1. The molecule has 4 aromatic carbocycles. The molecule has 4 aliphatic rings. The molecule has 2 aliphatic carbocycles. The third-order valence-corrected chi connectivity index (χ3v) is 13.5. The first-order chi connectivity index (χ1) is 33.4. The Morgan fingerprint density at radius 2 is 1.04 bits per heavy atom. The third kappa shape index (κ3) is 12.0. The zero-order valence-corrected chi connectivity index (χ0v) is 41.0. The number of aliphatic carboxylic acids is 1. The molecule has 2 fully saturated rings. The predicted molar refractivity (Wildman–Crippen MR) is 257 cm³/mol. The monoisotopic (exact) mass is 982 g/mol. The molecule has 2 saturated carbocycles. The quantitative estimate of drug-likeness (QED) is 0.0839. The van der Waals surface area contributed by atoms with Crippen LogP contribution in [-0.4, -0.2) is 72.5 Å². The Labute approximate surface area is 428 Å². The molecule has 17 heteroatoms. The molecule has 0 radical (unpaired) electrons. The minimum atomic E-state index is -0.790. The van der Waals surface area contributed by atoms with Crippen LogP contribution in [0.25, 0.3) is 22.3 Å². The molecule has 10 rings (SSSR count). The zero-order valence-electron chi connectivity index (χ0n) is 41.0. The minimum absolute atomic E-state index is 0. The van der Waals surface area contributed by atoms with E-state index in [-0.39, 0.29) is 65.2 Å². The number of carbonyl (C=O) groups is 2. The van der Waals surface area contributed by atoms with E-state index in [1.54, 1.807) is 62.8 Å². The van der Waals surface area contributed by atoms with Gasteiger partial charge in [-0.05, 0) is 133 Å². The molecule has 6 aromatic rings. The summed E-state index contributed by atoms with van der Waals surface area (Å²) in [6.07, 6.45) is 6.71. The van der Waals surface area contributed by atoms with Crippen molar-refractivity contribution in [1.82, 2.24) is 9.97 Å². The Morgan fingerprint density at radius 3 is 1.40 bits per heavy atom. The number of ether oxygens (including phenoxy) is 7. The van der Waals surface area contributed by atoms with Crippen molar-refractivity contribution in [1.29, 1.82) is 0 Å². The smallest absolute Gasteiger partial charge is 0.870 e. The number of rotatable bonds is 14. The SMILES string of the molecule is COC(=O)[C@@H](C)[C@H](c1ccc2c(c1)OC(c1ccc(-c3cc(OC)ccc3F)cn1)CO2)C1CC1.COc1ccc(F)c(-c2ccc(C3COc4ccc([C@H](C5CC5)[C@H](C)C(=O)O)cc4O3)nc2)c1.O.[Li+].[OH-]. The average molecular weight is 983 g/mol. The number of hydrogen-bond donors (Lipinski definition) is 1. The number of halogens is 2. The van der Waals surface area contributed by atoms with Gasteiger partial charge in [-0.3, -0.25) is 19.6 Å². The molecule has 2 unspecified atom stereocenters. The van der Waals surface area contributed by atoms with Gasteiger partial charge in [0.2, 0.25) is 0 Å². The van der Waals surface area contributed by atoms with Crippen molar-refractivity contribution in [2.45, 2.75) is 63.6 Å². The number of fused-ring (bicyclic) bond motifs is 2. The van der Waals surface area contributed by atoms with E-state index in [1.807, 2.05) is 55.5 Å². The van der Waals surface area contributed by atoms with E-state index >= 15 is 0 Å². The van der Waals surface area contributed by atoms with E-state index in [9.17, 15) is 23.5 Å². The first-order valence-corrected chi connectivity index (χ1v) is 23.2. The second kappa shape index (κ2) is 23.7. The van der Waals surface area contributed by atoms with Gasteiger partial charge in [0.15, 0.2) is 35.2 Å². The Morgan fingerprint density at radius 1 is 0.611 bits per heavy atom. The maximum Gasteiger partial charge on any atom is 1.00 e. The van der Waals surface area contributed by atoms with Crippen molar-refractivity contribution in [3.8, 4) is 56.8 Å². The molecule has 14 nitrogen and oxygen atoms in total. The Kier molecular flexibility index (Phi) is 18.0. The first-order valence-electron chi connectivity index (χ1n) is 23.2. The fourth-order valence-electron chi connectivity index (χ4n) is 9.43. The van der Waals surface area contributed by atoms with Gasteiger partial charge in [-0.1, -0.05) is 38.1 Å². The Balaban J connectivity index is 0.000000226. The van der Waals surface area contributed by atoms with Gasteiger partial charge in [0.25, 0.3) is 0 Å². The van der Waals surface area contributed by atoms with Crippen LogP contribution in [-0.2, 0) is 14.3 Å². The summed E-state index contributed by atoms with van der Waals surface area (Å²) < 4.78 is 68.5. The molecule has 4 heterocycles. The molecule has 0 amide bonds. The van der Waals surface area contributed by atoms with Crippen LogP contribution in [0.5, 0.6) is 34.5 Å². The number of carbonyl (C=O) groups excluding carboxylic acids is 1. The molecular weight excluding hydrogens is 926 g/mol. The van der Waals surface area contributed by atoms with Gasteiger partial charge in [0.05, 0.1) is 44.6 Å². The summed E-state index contributed by atoms with van der Waals surface area (Å²) in [6.45, 7) is 4.30. The van der Waals surface area contributed by atoms with E-state index in [2.05, 4.69) is 9.97 Å². The molecular formula is C55H57F2LiN2O12. The number of hydrogen-bond acceptors (Lipinski definition) is 12. The van der Waals surface area contributed by atoms with E-state index in [1.165, 1.54) is 26.4 Å². The second-order valence-electron chi connectivity index (χ2n) is 18.0. The Hall–Kier alpha value is -6.70. The normalized spacial score (nSPS) is 17.8. The van der Waals surface area contributed by atoms with Crippen molar-refractivity contribution >= 4 is 11.9 Å². The van der Waals surface area contributed by atoms with Crippen molar-refractivity contribution in [2.24, 2.45) is 23.7 Å². The third-order valence-electron chi connectivity index (χ3n) is 13.5. The van der Waals surface area contributed by atoms with Crippen molar-refractivity contribution < 1.29 is 86.4 Å². The topological polar surface area (TPSA) is 206 Å². The molecule has 2 aromatic heterocycles. The van der Waals surface area contributed by atoms with Crippen LogP contribution < -0.4 is 47.3 Å². The van der Waals surface area contributed by atoms with Crippen LogP contribution in [0, 0.1) is 35.3 Å². The number of carboxylic acid groups (broad SMARTS) is 1. The van der Waals surface area contributed by atoms with E-state index < -0.39 is 24.1 Å². The van der Waals surface area contributed by atoms with Gasteiger partial charge in [0.1, 0.15) is 36.3 Å². The summed E-state index contributed by atoms with van der Waals surface area (Å²) in [4.78, 5) is 33.0. The van der Waals surface area contributed by atoms with Gasteiger partial charge in [-0.2, -0.15) is 0 Å². The summed E-state index contributed by atoms with van der Waals surface area (Å²) in [7, 11) is 4.51. The zero-order chi connectivity index (χ0) is 48.3. The molecule has 2 aliphatic heterocycles. The number of aromatic nitrogens is 2. The van der Waals surface area contributed by atoms with E-state index in [0.29, 0.717) is 93.2 Å². The largest absolute Gasteiger partial charge is 1.00 e. The summed E-state index contributed by atoms with van der Waals surface area (Å²) in [6, 6.07) is 28.0. The van der Waals surface area contributed by atoms with Gasteiger partial charge in [-0.25, -0.2) is 8.78 Å². The van der Waals surface area contributed by atoms with Gasteiger partial charge < -0.3 is 49.2 Å². The average Bonchev–Trinajstić information content (AvgIpc) is 4.34. The summed E-state index contributed by atoms with van der Waals surface area (Å²) >= 11 is 0. The number of benzene rings is 4. The molecule has 374 valence electrons. The number of esters is 1. The van der Waals surface area contributed by atoms with Crippen molar-refractivity contribution in [3.05, 3.63) is 144 Å². The maximum atomic E-state index is 14.3. The minimum Gasteiger partial charge on any atom is -0.870 e. The van der Waals surface area contributed by atoms with Crippen LogP contribution >= 0.6 is 0 Å². The predicted octanol–water partition coefficient (Wildman–Crippen LogP) is 7.34. The molecule has 6 atom stereocenters. The fourth-order valence-corrected chi connectivity index (χ4v) is 9.43. The Bertz CT molecular complexity index is 2830. The molecule has 72 heavy (non-hydrogen) atoms. The van der Waals surface area contributed by atoms with Gasteiger partial charge in [0, 0.05) is 34.6 Å². The summed E-state index contributed by atoms with van der Waals surface area (Å²) in [5.41, 5.74) is 5.47. The van der Waals surface area contributed by atoms with Crippen molar-refractivity contribution in [2.75, 3.05) is 34.5 Å². The standard InChI is InChI=1S/C28H28FNO5.C27H26FNO5.Li.2H2O/c1-16(28(31)33-3)27(17-4-5-17)18-7-11-24-25(12-18)35-26(15-34-24)23-10-6-19(14-30-23)21-13-20(32-2)8-9-22(21)29;1-15(27(30)31)26(16-3-4-16)17-6-10-23-24(11-17)34-25(14-33-23)22-9-5-18(13-29-22)20-12-19(32-2)7-8-21(20)28;;;/h6-14,16-17,26-27H,4-5,15H2,1-3H3;5-13,15-16,25-26H,3-4,14H2,1-2H3,(H,30,31);;2*1H2/q;;+1;;/p-1/t16-,26?,27-;15-,25?,26-;;;/m00.../s1. The molecule has 0 bridgehead atoms. The van der Waals surface area contributed by atoms with Crippen LogP contribution in [0.15, 0.2) is 109 Å². The first kappa shape index (κ1) is 54.6. The number of nitrogens with zero attached hydrogens (tertiary/aromatic N) is 2. The molecule has 0 saturated heterocycles. The number of methoxy groups -OCH3 is 3. The van der Waals surface area contributed by atoms with Gasteiger partial charge in [-0.15, -0.1) is 0 Å². The van der Waals surface area contributed by atoms with Crippen LogP contribution in [0.2, 0.25) is 0 Å². The molecule has 4 N–H and O–H groups in total. The van der Waals surface area contributed by atoms with Gasteiger partial charge >= 0.3 is 30.8 Å². The fraction of sp³-hybridized carbons (Fsp3) is 0.345. The molecule has 0 spiro atoms. The van der Waals surface area contributed by atoms with Crippen LogP contribution in [0.1, 0.15) is 86.1 Å².